The Morgan fingerprint density at radius 1 is 1.30 bits per heavy atom. The molecular formula is C20H33FN4O2. The highest BCUT2D eigenvalue weighted by molar-refractivity contribution is 5.79. The lowest BCUT2D eigenvalue weighted by Gasteiger charge is -2.22. The Hall–Kier alpha value is -1.86. The number of halogens is 1. The minimum absolute atomic E-state index is 0.220. The van der Waals surface area contributed by atoms with Crippen molar-refractivity contribution in [2.45, 2.75) is 38.8 Å². The van der Waals surface area contributed by atoms with Gasteiger partial charge in [-0.3, -0.25) is 4.90 Å². The molecule has 2 N–H and O–H groups in total. The number of guanidine groups is 1. The van der Waals surface area contributed by atoms with Crippen LogP contribution in [0.5, 0.6) is 5.75 Å². The number of benzene rings is 1. The first kappa shape index (κ1) is 21.4. The van der Waals surface area contributed by atoms with Crippen LogP contribution < -0.4 is 15.4 Å². The highest BCUT2D eigenvalue weighted by Gasteiger charge is 2.28. The molecule has 27 heavy (non-hydrogen) atoms. The van der Waals surface area contributed by atoms with Crippen LogP contribution in [0, 0.1) is 5.82 Å². The van der Waals surface area contributed by atoms with E-state index in [4.69, 9.17) is 9.47 Å². The van der Waals surface area contributed by atoms with E-state index in [9.17, 15) is 4.39 Å². The molecule has 1 aliphatic rings. The second kappa shape index (κ2) is 11.8. The number of methoxy groups -OCH3 is 1. The summed E-state index contributed by atoms with van der Waals surface area (Å²) >= 11 is 0. The van der Waals surface area contributed by atoms with Gasteiger partial charge in [-0.1, -0.05) is 12.1 Å². The topological polar surface area (TPSA) is 58.1 Å². The van der Waals surface area contributed by atoms with E-state index in [2.05, 4.69) is 20.5 Å². The zero-order valence-electron chi connectivity index (χ0n) is 16.7. The molecule has 1 saturated carbocycles. The molecule has 6 nitrogen and oxygen atoms in total. The maximum atomic E-state index is 13.7. The average molecular weight is 381 g/mol. The van der Waals surface area contributed by atoms with Gasteiger partial charge >= 0.3 is 0 Å². The third kappa shape index (κ3) is 8.13. The normalized spacial score (nSPS) is 15.7. The van der Waals surface area contributed by atoms with E-state index in [1.165, 1.54) is 18.9 Å². The molecule has 1 aliphatic carbocycles. The van der Waals surface area contributed by atoms with Crippen molar-refractivity contribution in [1.82, 2.24) is 15.5 Å². The second-order valence-electron chi connectivity index (χ2n) is 6.77. The van der Waals surface area contributed by atoms with Gasteiger partial charge in [0.25, 0.3) is 0 Å². The van der Waals surface area contributed by atoms with E-state index in [0.29, 0.717) is 12.6 Å². The van der Waals surface area contributed by atoms with Crippen LogP contribution in [0.15, 0.2) is 29.3 Å². The molecule has 2 rings (SSSR count). The van der Waals surface area contributed by atoms with Gasteiger partial charge in [-0.15, -0.1) is 0 Å². The summed E-state index contributed by atoms with van der Waals surface area (Å²) in [7, 11) is 1.74. The summed E-state index contributed by atoms with van der Waals surface area (Å²) < 4.78 is 24.5. The minimum atomic E-state index is -0.352. The van der Waals surface area contributed by atoms with Crippen molar-refractivity contribution in [3.05, 3.63) is 30.1 Å². The van der Waals surface area contributed by atoms with Crippen LogP contribution in [0.1, 0.15) is 26.7 Å². The van der Waals surface area contributed by atoms with E-state index in [1.54, 1.807) is 25.3 Å². The fourth-order valence-corrected chi connectivity index (χ4v) is 2.80. The van der Waals surface area contributed by atoms with Gasteiger partial charge < -0.3 is 20.1 Å². The SMILES string of the molecule is CCNC(=NCC(C)Oc1ccccc1F)NCCN(CCOC)C1CC1. The van der Waals surface area contributed by atoms with Gasteiger partial charge in [0.2, 0.25) is 0 Å². The first-order valence-electron chi connectivity index (χ1n) is 9.80. The number of hydrogen-bond acceptors (Lipinski definition) is 4. The number of ether oxygens (including phenoxy) is 2. The van der Waals surface area contributed by atoms with Gasteiger partial charge in [0.1, 0.15) is 6.10 Å². The summed E-state index contributed by atoms with van der Waals surface area (Å²) in [6.07, 6.45) is 2.34. The molecule has 0 aromatic heterocycles. The Morgan fingerprint density at radius 3 is 2.74 bits per heavy atom. The lowest BCUT2D eigenvalue weighted by Crippen LogP contribution is -2.43. The number of nitrogens with one attached hydrogen (secondary N) is 2. The molecule has 1 atom stereocenters. The smallest absolute Gasteiger partial charge is 0.191 e. The quantitative estimate of drug-likeness (QED) is 0.430. The Morgan fingerprint density at radius 2 is 2.07 bits per heavy atom. The lowest BCUT2D eigenvalue weighted by molar-refractivity contribution is 0.144. The number of para-hydroxylation sites is 1. The van der Waals surface area contributed by atoms with Crippen molar-refractivity contribution in [3.8, 4) is 5.75 Å². The van der Waals surface area contributed by atoms with Crippen molar-refractivity contribution in [1.29, 1.82) is 0 Å². The lowest BCUT2D eigenvalue weighted by atomic mass is 10.3. The van der Waals surface area contributed by atoms with Gasteiger partial charge in [0, 0.05) is 39.3 Å². The Bertz CT molecular complexity index is 581. The average Bonchev–Trinajstić information content (AvgIpc) is 3.49. The van der Waals surface area contributed by atoms with Gasteiger partial charge in [-0.2, -0.15) is 0 Å². The zero-order chi connectivity index (χ0) is 19.5. The molecule has 1 fully saturated rings. The van der Waals surface area contributed by atoms with E-state index < -0.39 is 0 Å². The van der Waals surface area contributed by atoms with Crippen molar-refractivity contribution < 1.29 is 13.9 Å². The molecule has 7 heteroatoms. The van der Waals surface area contributed by atoms with Gasteiger partial charge in [-0.05, 0) is 38.8 Å². The summed E-state index contributed by atoms with van der Waals surface area (Å²) in [4.78, 5) is 7.02. The van der Waals surface area contributed by atoms with Gasteiger partial charge in [0.05, 0.1) is 13.2 Å². The van der Waals surface area contributed by atoms with E-state index in [-0.39, 0.29) is 17.7 Å². The maximum Gasteiger partial charge on any atom is 0.191 e. The van der Waals surface area contributed by atoms with Crippen molar-refractivity contribution >= 4 is 5.96 Å². The predicted molar refractivity (Wildman–Crippen MR) is 107 cm³/mol. The molecule has 0 bridgehead atoms. The summed E-state index contributed by atoms with van der Waals surface area (Å²) in [6, 6.07) is 7.14. The minimum Gasteiger partial charge on any atom is -0.486 e. The van der Waals surface area contributed by atoms with Crippen molar-refractivity contribution in [2.24, 2.45) is 4.99 Å². The van der Waals surface area contributed by atoms with Crippen LogP contribution in [0.2, 0.25) is 0 Å². The molecule has 1 aromatic carbocycles. The number of rotatable bonds is 12. The Kier molecular flexibility index (Phi) is 9.35. The Balaban J connectivity index is 1.77. The van der Waals surface area contributed by atoms with Gasteiger partial charge in [-0.25, -0.2) is 9.38 Å². The molecule has 0 radical (unpaired) electrons. The van der Waals surface area contributed by atoms with Crippen LogP contribution in [0.25, 0.3) is 0 Å². The fourth-order valence-electron chi connectivity index (χ4n) is 2.80. The summed E-state index contributed by atoms with van der Waals surface area (Å²) in [6.45, 7) is 8.64. The second-order valence-corrected chi connectivity index (χ2v) is 6.77. The molecule has 0 heterocycles. The maximum absolute atomic E-state index is 13.7. The summed E-state index contributed by atoms with van der Waals surface area (Å²) in [5.41, 5.74) is 0. The van der Waals surface area contributed by atoms with Crippen LogP contribution in [0.4, 0.5) is 4.39 Å². The summed E-state index contributed by atoms with van der Waals surface area (Å²) in [5.74, 6) is 0.662. The molecular weight excluding hydrogens is 347 g/mol. The molecule has 0 aliphatic heterocycles. The van der Waals surface area contributed by atoms with Crippen LogP contribution in [-0.2, 0) is 4.74 Å². The van der Waals surface area contributed by atoms with E-state index in [0.717, 1.165) is 38.7 Å². The van der Waals surface area contributed by atoms with Crippen molar-refractivity contribution in [3.63, 3.8) is 0 Å². The zero-order valence-corrected chi connectivity index (χ0v) is 16.7. The first-order chi connectivity index (χ1) is 13.1. The molecule has 0 spiro atoms. The van der Waals surface area contributed by atoms with E-state index >= 15 is 0 Å². The fraction of sp³-hybridized carbons (Fsp3) is 0.650. The highest BCUT2D eigenvalue weighted by Crippen LogP contribution is 2.25. The predicted octanol–water partition coefficient (Wildman–Crippen LogP) is 2.26. The summed E-state index contributed by atoms with van der Waals surface area (Å²) in [5, 5.41) is 6.61. The van der Waals surface area contributed by atoms with Gasteiger partial charge in [0.15, 0.2) is 17.5 Å². The van der Waals surface area contributed by atoms with Crippen molar-refractivity contribution in [2.75, 3.05) is 46.4 Å². The molecule has 152 valence electrons. The van der Waals surface area contributed by atoms with Crippen LogP contribution >= 0.6 is 0 Å². The molecule has 0 saturated heterocycles. The monoisotopic (exact) mass is 380 g/mol. The number of nitrogens with zero attached hydrogens (tertiary/aromatic N) is 2. The third-order valence-electron chi connectivity index (χ3n) is 4.35. The first-order valence-corrected chi connectivity index (χ1v) is 9.80. The van der Waals surface area contributed by atoms with Crippen LogP contribution in [-0.4, -0.2) is 69.4 Å². The number of hydrogen-bond donors (Lipinski definition) is 2. The highest BCUT2D eigenvalue weighted by atomic mass is 19.1. The number of aliphatic imine (C=N–C) groups is 1. The largest absolute Gasteiger partial charge is 0.486 e. The third-order valence-corrected chi connectivity index (χ3v) is 4.35. The standard InChI is InChI=1S/C20H33FN4O2/c1-4-22-20(23-11-12-25(13-14-26-3)17-9-10-17)24-15-16(2)27-19-8-6-5-7-18(19)21/h5-8,16-17H,4,9-15H2,1-3H3,(H2,22,23,24). The van der Waals surface area contributed by atoms with Crippen LogP contribution in [0.3, 0.4) is 0 Å². The Labute approximate surface area is 162 Å². The molecule has 0 amide bonds. The molecule has 1 aromatic rings. The van der Waals surface area contributed by atoms with E-state index in [1.807, 2.05) is 13.8 Å². The molecule has 1 unspecified atom stereocenters.